The number of hydrogen-bond acceptors (Lipinski definition) is 4. The maximum absolute atomic E-state index is 12.1. The van der Waals surface area contributed by atoms with Crippen molar-refractivity contribution in [2.45, 2.75) is 19.3 Å². The van der Waals surface area contributed by atoms with Gasteiger partial charge in [-0.1, -0.05) is 29.3 Å². The molecule has 0 unspecified atom stereocenters. The van der Waals surface area contributed by atoms with E-state index in [2.05, 4.69) is 0 Å². The van der Waals surface area contributed by atoms with Crippen molar-refractivity contribution in [3.05, 3.63) is 79.6 Å². The van der Waals surface area contributed by atoms with E-state index in [1.165, 1.54) is 6.08 Å². The molecule has 1 aromatic heterocycles. The van der Waals surface area contributed by atoms with Gasteiger partial charge in [-0.3, -0.25) is 0 Å². The maximum Gasteiger partial charge on any atom is 0.339 e. The number of benzene rings is 2. The van der Waals surface area contributed by atoms with Gasteiger partial charge in [0.2, 0.25) is 0 Å². The molecule has 0 atom stereocenters. The lowest BCUT2D eigenvalue weighted by Gasteiger charge is -2.06. The minimum absolute atomic E-state index is 0.306. The first-order valence-corrected chi connectivity index (χ1v) is 9.20. The van der Waals surface area contributed by atoms with Gasteiger partial charge in [-0.05, 0) is 60.7 Å². The molecule has 0 amide bonds. The molecule has 0 fully saturated rings. The van der Waals surface area contributed by atoms with Crippen LogP contribution in [0.5, 0.6) is 5.75 Å². The Morgan fingerprint density at radius 3 is 2.70 bits per heavy atom. The lowest BCUT2D eigenvalue weighted by Crippen LogP contribution is -2.07. The average molecular weight is 401 g/mol. The molecule has 2 aromatic carbocycles. The molecule has 4 nitrogen and oxygen atoms in total. The van der Waals surface area contributed by atoms with Gasteiger partial charge in [-0.2, -0.15) is 0 Å². The van der Waals surface area contributed by atoms with Gasteiger partial charge in [-0.15, -0.1) is 0 Å². The number of carbonyl (C=O) groups excluding carboxylic acids is 1. The number of halogens is 2. The fourth-order valence-electron chi connectivity index (χ4n) is 3.27. The van der Waals surface area contributed by atoms with E-state index in [0.29, 0.717) is 26.9 Å². The summed E-state index contributed by atoms with van der Waals surface area (Å²) in [5.74, 6) is -0.260. The van der Waals surface area contributed by atoms with Gasteiger partial charge in [0.1, 0.15) is 11.3 Å². The quantitative estimate of drug-likeness (QED) is 0.262. The molecule has 1 aliphatic rings. The average Bonchev–Trinajstić information content (AvgIpc) is 3.11. The van der Waals surface area contributed by atoms with Crippen molar-refractivity contribution >= 4 is 46.2 Å². The first-order valence-electron chi connectivity index (χ1n) is 8.45. The third-order valence-electron chi connectivity index (χ3n) is 4.52. The van der Waals surface area contributed by atoms with Crippen LogP contribution in [-0.2, 0) is 17.6 Å². The second-order valence-electron chi connectivity index (χ2n) is 6.28. The normalized spacial score (nSPS) is 13.3. The Labute approximate surface area is 165 Å². The summed E-state index contributed by atoms with van der Waals surface area (Å²) in [4.78, 5) is 24.2. The first-order chi connectivity index (χ1) is 13.0. The van der Waals surface area contributed by atoms with E-state index in [-0.39, 0.29) is 5.63 Å². The van der Waals surface area contributed by atoms with Gasteiger partial charge in [0.25, 0.3) is 0 Å². The first kappa shape index (κ1) is 17.8. The smallest absolute Gasteiger partial charge is 0.339 e. The SMILES string of the molecule is O=C(C=Cc1ccc(Cl)cc1Cl)Oc1ccc2c3c(c(=O)oc2c1)CCC3. The number of ether oxygens (including phenoxy) is 1. The number of carbonyl (C=O) groups is 1. The Bertz CT molecular complexity index is 1140. The van der Waals surface area contributed by atoms with E-state index in [4.69, 9.17) is 32.4 Å². The summed E-state index contributed by atoms with van der Waals surface area (Å²) in [5.41, 5.74) is 2.57. The van der Waals surface area contributed by atoms with Crippen molar-refractivity contribution in [3.63, 3.8) is 0 Å². The highest BCUT2D eigenvalue weighted by Crippen LogP contribution is 2.29. The van der Waals surface area contributed by atoms with Crippen molar-refractivity contribution < 1.29 is 13.9 Å². The van der Waals surface area contributed by atoms with Crippen molar-refractivity contribution in [2.75, 3.05) is 0 Å². The minimum atomic E-state index is -0.566. The summed E-state index contributed by atoms with van der Waals surface area (Å²) in [7, 11) is 0. The lowest BCUT2D eigenvalue weighted by molar-refractivity contribution is -0.128. The van der Waals surface area contributed by atoms with Crippen LogP contribution in [0.2, 0.25) is 10.0 Å². The van der Waals surface area contributed by atoms with Gasteiger partial charge in [-0.25, -0.2) is 9.59 Å². The summed E-state index contributed by atoms with van der Waals surface area (Å²) in [5, 5.41) is 1.85. The Kier molecular flexibility index (Phi) is 4.77. The zero-order chi connectivity index (χ0) is 19.0. The van der Waals surface area contributed by atoms with E-state index in [9.17, 15) is 9.59 Å². The van der Waals surface area contributed by atoms with Crippen LogP contribution in [0.4, 0.5) is 0 Å². The van der Waals surface area contributed by atoms with Crippen LogP contribution in [-0.4, -0.2) is 5.97 Å². The molecule has 1 aliphatic carbocycles. The molecule has 0 spiro atoms. The van der Waals surface area contributed by atoms with Crippen LogP contribution in [0.15, 0.2) is 51.7 Å². The van der Waals surface area contributed by atoms with Gasteiger partial charge in [0, 0.05) is 33.1 Å². The highest BCUT2D eigenvalue weighted by molar-refractivity contribution is 6.35. The molecule has 0 radical (unpaired) electrons. The summed E-state index contributed by atoms with van der Waals surface area (Å²) in [6.45, 7) is 0. The number of aryl methyl sites for hydroxylation is 1. The molecular formula is C21H14Cl2O4. The van der Waals surface area contributed by atoms with Crippen molar-refractivity contribution in [2.24, 2.45) is 0 Å². The van der Waals surface area contributed by atoms with Crippen LogP contribution >= 0.6 is 23.2 Å². The van der Waals surface area contributed by atoms with Crippen molar-refractivity contribution in [1.82, 2.24) is 0 Å². The van der Waals surface area contributed by atoms with Gasteiger partial charge in [0.15, 0.2) is 0 Å². The molecule has 0 aliphatic heterocycles. The highest BCUT2D eigenvalue weighted by Gasteiger charge is 2.19. The monoisotopic (exact) mass is 400 g/mol. The number of rotatable bonds is 3. The van der Waals surface area contributed by atoms with E-state index in [0.717, 1.165) is 35.8 Å². The van der Waals surface area contributed by atoms with Crippen LogP contribution in [0, 0.1) is 0 Å². The van der Waals surface area contributed by atoms with E-state index < -0.39 is 5.97 Å². The third kappa shape index (κ3) is 3.64. The molecule has 0 bridgehead atoms. The molecule has 0 saturated heterocycles. The number of hydrogen-bond donors (Lipinski definition) is 0. The van der Waals surface area contributed by atoms with Gasteiger partial charge in [0.05, 0.1) is 0 Å². The second-order valence-corrected chi connectivity index (χ2v) is 7.12. The Morgan fingerprint density at radius 2 is 1.89 bits per heavy atom. The standard InChI is InChI=1S/C21H14Cl2O4/c22-13-6-4-12(18(23)10-13)5-9-20(24)26-14-7-8-16-15-2-1-3-17(15)21(25)27-19(16)11-14/h4-11H,1-3H2. The third-order valence-corrected chi connectivity index (χ3v) is 5.09. The molecule has 3 aromatic rings. The Morgan fingerprint density at radius 1 is 1.07 bits per heavy atom. The number of fused-ring (bicyclic) bond motifs is 3. The van der Waals surface area contributed by atoms with Crippen LogP contribution < -0.4 is 10.4 Å². The highest BCUT2D eigenvalue weighted by atomic mass is 35.5. The maximum atomic E-state index is 12.1. The van der Waals surface area contributed by atoms with Crippen LogP contribution in [0.1, 0.15) is 23.1 Å². The molecular weight excluding hydrogens is 387 g/mol. The zero-order valence-electron chi connectivity index (χ0n) is 14.1. The summed E-state index contributed by atoms with van der Waals surface area (Å²) in [6, 6.07) is 10.1. The Hall–Kier alpha value is -2.56. The molecule has 136 valence electrons. The summed E-state index contributed by atoms with van der Waals surface area (Å²) >= 11 is 11.9. The Balaban J connectivity index is 1.56. The van der Waals surface area contributed by atoms with Crippen molar-refractivity contribution in [3.8, 4) is 5.75 Å². The molecule has 0 saturated carbocycles. The predicted octanol–water partition coefficient (Wildman–Crippen LogP) is 5.21. The topological polar surface area (TPSA) is 56.5 Å². The largest absolute Gasteiger partial charge is 0.423 e. The minimum Gasteiger partial charge on any atom is -0.423 e. The van der Waals surface area contributed by atoms with Gasteiger partial charge >= 0.3 is 11.6 Å². The second kappa shape index (κ2) is 7.22. The predicted molar refractivity (Wildman–Crippen MR) is 106 cm³/mol. The molecule has 0 N–H and O–H groups in total. The van der Waals surface area contributed by atoms with E-state index in [1.54, 1.807) is 36.4 Å². The number of esters is 1. The zero-order valence-corrected chi connectivity index (χ0v) is 15.6. The van der Waals surface area contributed by atoms with Crippen molar-refractivity contribution in [1.29, 1.82) is 0 Å². The molecule has 1 heterocycles. The molecule has 6 heteroatoms. The van der Waals surface area contributed by atoms with Gasteiger partial charge < -0.3 is 9.15 Å². The summed E-state index contributed by atoms with van der Waals surface area (Å²) in [6.07, 6.45) is 5.39. The summed E-state index contributed by atoms with van der Waals surface area (Å²) < 4.78 is 10.7. The fourth-order valence-corrected chi connectivity index (χ4v) is 3.74. The van der Waals surface area contributed by atoms with E-state index >= 15 is 0 Å². The molecule has 27 heavy (non-hydrogen) atoms. The van der Waals surface area contributed by atoms with Crippen LogP contribution in [0.3, 0.4) is 0 Å². The van der Waals surface area contributed by atoms with E-state index in [1.807, 2.05) is 6.07 Å². The molecule has 4 rings (SSSR count). The lowest BCUT2D eigenvalue weighted by atomic mass is 10.1. The van der Waals surface area contributed by atoms with Crippen LogP contribution in [0.25, 0.3) is 17.0 Å². The fraction of sp³-hybridized carbons (Fsp3) is 0.143.